The van der Waals surface area contributed by atoms with Crippen molar-refractivity contribution in [3.63, 3.8) is 0 Å². The van der Waals surface area contributed by atoms with Gasteiger partial charge in [0.1, 0.15) is 11.5 Å². The minimum atomic E-state index is -3.65. The van der Waals surface area contributed by atoms with Gasteiger partial charge in [-0.2, -0.15) is 0 Å². The molecule has 0 heterocycles. The topological polar surface area (TPSA) is 84.9 Å². The monoisotopic (exact) mass is 378 g/mol. The predicted octanol–water partition coefficient (Wildman–Crippen LogP) is 1.88. The molecule has 1 amide bonds. The van der Waals surface area contributed by atoms with Crippen LogP contribution in [0.5, 0.6) is 11.5 Å². The summed E-state index contributed by atoms with van der Waals surface area (Å²) >= 11 is 0. The van der Waals surface area contributed by atoms with E-state index in [0.29, 0.717) is 5.75 Å². The Bertz CT molecular complexity index is 877. The number of hydrogen-bond acceptors (Lipinski definition) is 5. The zero-order chi connectivity index (χ0) is 19.3. The number of nitrogens with zero attached hydrogens (tertiary/aromatic N) is 1. The summed E-state index contributed by atoms with van der Waals surface area (Å²) < 4.78 is 36.0. The van der Waals surface area contributed by atoms with E-state index in [9.17, 15) is 13.2 Å². The van der Waals surface area contributed by atoms with Crippen LogP contribution in [0.2, 0.25) is 0 Å². The van der Waals surface area contributed by atoms with Crippen LogP contribution in [0, 0.1) is 0 Å². The average molecular weight is 378 g/mol. The lowest BCUT2D eigenvalue weighted by Gasteiger charge is -2.14. The van der Waals surface area contributed by atoms with E-state index in [4.69, 9.17) is 9.47 Å². The molecule has 2 aromatic carbocycles. The van der Waals surface area contributed by atoms with Crippen molar-refractivity contribution in [1.82, 2.24) is 9.62 Å². The fourth-order valence-electron chi connectivity index (χ4n) is 2.26. The third-order valence-electron chi connectivity index (χ3n) is 3.81. The Hall–Kier alpha value is -2.58. The van der Waals surface area contributed by atoms with Crippen molar-refractivity contribution in [2.45, 2.75) is 11.4 Å². The highest BCUT2D eigenvalue weighted by Crippen LogP contribution is 2.24. The van der Waals surface area contributed by atoms with Gasteiger partial charge in [-0.05, 0) is 35.9 Å². The molecule has 0 aliphatic carbocycles. The van der Waals surface area contributed by atoms with E-state index in [1.807, 2.05) is 12.1 Å². The normalized spacial score (nSPS) is 11.3. The summed E-state index contributed by atoms with van der Waals surface area (Å²) in [6.45, 7) is 0.288. The van der Waals surface area contributed by atoms with Gasteiger partial charge in [-0.1, -0.05) is 12.1 Å². The lowest BCUT2D eigenvalue weighted by atomic mass is 10.1. The first-order valence-corrected chi connectivity index (χ1v) is 9.25. The molecule has 0 saturated heterocycles. The smallest absolute Gasteiger partial charge is 0.255 e. The highest BCUT2D eigenvalue weighted by atomic mass is 32.2. The van der Waals surface area contributed by atoms with Gasteiger partial charge in [-0.3, -0.25) is 4.79 Å². The molecule has 0 bridgehead atoms. The second kappa shape index (κ2) is 8.20. The maximum atomic E-state index is 12.5. The second-order valence-electron chi connectivity index (χ2n) is 5.68. The molecule has 0 radical (unpaired) electrons. The lowest BCUT2D eigenvalue weighted by molar-refractivity contribution is 0.0947. The van der Waals surface area contributed by atoms with Crippen LogP contribution in [-0.2, 0) is 16.6 Å². The Kier molecular flexibility index (Phi) is 6.23. The predicted molar refractivity (Wildman–Crippen MR) is 98.0 cm³/mol. The zero-order valence-corrected chi connectivity index (χ0v) is 16.0. The number of ether oxygens (including phenoxy) is 2. The Morgan fingerprint density at radius 3 is 2.23 bits per heavy atom. The van der Waals surface area contributed by atoms with Gasteiger partial charge in [0.05, 0.1) is 24.7 Å². The zero-order valence-electron chi connectivity index (χ0n) is 15.1. The molecule has 0 fully saturated rings. The first-order valence-electron chi connectivity index (χ1n) is 7.81. The second-order valence-corrected chi connectivity index (χ2v) is 7.83. The van der Waals surface area contributed by atoms with Crippen molar-refractivity contribution < 1.29 is 22.7 Å². The molecule has 8 heteroatoms. The molecule has 0 saturated carbocycles. The summed E-state index contributed by atoms with van der Waals surface area (Å²) in [7, 11) is 2.23. The summed E-state index contributed by atoms with van der Waals surface area (Å²) in [5.74, 6) is 0.603. The molecule has 0 atom stereocenters. The van der Waals surface area contributed by atoms with Crippen LogP contribution in [0.1, 0.15) is 15.9 Å². The van der Waals surface area contributed by atoms with Crippen molar-refractivity contribution >= 4 is 15.9 Å². The van der Waals surface area contributed by atoms with E-state index >= 15 is 0 Å². The maximum Gasteiger partial charge on any atom is 0.255 e. The first kappa shape index (κ1) is 19.7. The van der Waals surface area contributed by atoms with Gasteiger partial charge in [0, 0.05) is 20.6 Å². The quantitative estimate of drug-likeness (QED) is 0.795. The van der Waals surface area contributed by atoms with Gasteiger partial charge in [0.2, 0.25) is 10.0 Å². The molecule has 140 valence electrons. The summed E-state index contributed by atoms with van der Waals surface area (Å²) in [5.41, 5.74) is 1.04. The number of amides is 1. The van der Waals surface area contributed by atoms with Gasteiger partial charge < -0.3 is 14.8 Å². The van der Waals surface area contributed by atoms with Crippen molar-refractivity contribution in [1.29, 1.82) is 0 Å². The highest BCUT2D eigenvalue weighted by Gasteiger charge is 2.21. The number of carbonyl (C=O) groups is 1. The Balaban J connectivity index is 2.23. The van der Waals surface area contributed by atoms with Crippen LogP contribution in [0.4, 0.5) is 0 Å². The average Bonchev–Trinajstić information content (AvgIpc) is 2.65. The van der Waals surface area contributed by atoms with E-state index < -0.39 is 15.9 Å². The third kappa shape index (κ3) is 4.33. The summed E-state index contributed by atoms with van der Waals surface area (Å²) in [5, 5.41) is 2.77. The van der Waals surface area contributed by atoms with E-state index in [2.05, 4.69) is 5.32 Å². The minimum absolute atomic E-state index is 0.0258. The number of benzene rings is 2. The van der Waals surface area contributed by atoms with E-state index in [1.54, 1.807) is 19.2 Å². The molecule has 0 spiro atoms. The van der Waals surface area contributed by atoms with Crippen LogP contribution in [0.15, 0.2) is 47.4 Å². The fraction of sp³-hybridized carbons (Fsp3) is 0.278. The first-order chi connectivity index (χ1) is 12.3. The molecule has 26 heavy (non-hydrogen) atoms. The number of rotatable bonds is 7. The fourth-order valence-corrected chi connectivity index (χ4v) is 3.19. The van der Waals surface area contributed by atoms with Crippen LogP contribution >= 0.6 is 0 Å². The summed E-state index contributed by atoms with van der Waals surface area (Å²) in [6, 6.07) is 11.5. The van der Waals surface area contributed by atoms with Gasteiger partial charge in [-0.15, -0.1) is 0 Å². The van der Waals surface area contributed by atoms with Crippen LogP contribution in [-0.4, -0.2) is 46.9 Å². The van der Waals surface area contributed by atoms with Crippen molar-refractivity contribution in [2.24, 2.45) is 0 Å². The van der Waals surface area contributed by atoms with E-state index in [0.717, 1.165) is 15.6 Å². The highest BCUT2D eigenvalue weighted by molar-refractivity contribution is 7.89. The molecular weight excluding hydrogens is 356 g/mol. The maximum absolute atomic E-state index is 12.5. The van der Waals surface area contributed by atoms with Gasteiger partial charge in [0.15, 0.2) is 0 Å². The lowest BCUT2D eigenvalue weighted by Crippen LogP contribution is -2.25. The number of hydrogen-bond donors (Lipinski definition) is 1. The van der Waals surface area contributed by atoms with E-state index in [1.165, 1.54) is 39.4 Å². The number of carbonyl (C=O) groups excluding carboxylic acids is 1. The molecule has 1 N–H and O–H groups in total. The summed E-state index contributed by atoms with van der Waals surface area (Å²) in [4.78, 5) is 12.6. The summed E-state index contributed by atoms with van der Waals surface area (Å²) in [6.07, 6.45) is 0. The Morgan fingerprint density at radius 2 is 1.69 bits per heavy atom. The van der Waals surface area contributed by atoms with E-state index in [-0.39, 0.29) is 17.0 Å². The molecule has 0 unspecified atom stereocenters. The largest absolute Gasteiger partial charge is 0.497 e. The molecule has 7 nitrogen and oxygen atoms in total. The van der Waals surface area contributed by atoms with Crippen molar-refractivity contribution in [2.75, 3.05) is 28.3 Å². The minimum Gasteiger partial charge on any atom is -0.497 e. The number of nitrogens with one attached hydrogen (secondary N) is 1. The standard InChI is InChI=1S/C18H22N2O5S/c1-20(2)26(22,23)15-9-10-17(25-4)16(11-15)18(21)19-12-13-5-7-14(24-3)8-6-13/h5-11H,12H2,1-4H3,(H,19,21). The number of methoxy groups -OCH3 is 2. The molecular formula is C18H22N2O5S. The van der Waals surface area contributed by atoms with Gasteiger partial charge in [0.25, 0.3) is 5.91 Å². The van der Waals surface area contributed by atoms with Crippen molar-refractivity contribution in [3.8, 4) is 11.5 Å². The van der Waals surface area contributed by atoms with Gasteiger partial charge in [-0.25, -0.2) is 12.7 Å². The molecule has 0 aromatic heterocycles. The van der Waals surface area contributed by atoms with Gasteiger partial charge >= 0.3 is 0 Å². The Labute approximate surface area is 153 Å². The van der Waals surface area contributed by atoms with Crippen LogP contribution in [0.25, 0.3) is 0 Å². The third-order valence-corrected chi connectivity index (χ3v) is 5.62. The molecule has 2 rings (SSSR count). The van der Waals surface area contributed by atoms with Crippen LogP contribution < -0.4 is 14.8 Å². The van der Waals surface area contributed by atoms with Crippen LogP contribution in [0.3, 0.4) is 0 Å². The SMILES string of the molecule is COc1ccc(CNC(=O)c2cc(S(=O)(=O)N(C)C)ccc2OC)cc1. The molecule has 0 aliphatic rings. The Morgan fingerprint density at radius 1 is 1.04 bits per heavy atom. The molecule has 0 aliphatic heterocycles. The van der Waals surface area contributed by atoms with Crippen molar-refractivity contribution in [3.05, 3.63) is 53.6 Å². The number of sulfonamides is 1. The molecule has 2 aromatic rings.